The third-order valence-corrected chi connectivity index (χ3v) is 7.34. The van der Waals surface area contributed by atoms with Gasteiger partial charge in [-0.3, -0.25) is 14.5 Å². The highest BCUT2D eigenvalue weighted by Gasteiger charge is 2.26. The van der Waals surface area contributed by atoms with Crippen LogP contribution in [0.2, 0.25) is 0 Å². The summed E-state index contributed by atoms with van der Waals surface area (Å²) in [5.74, 6) is 2.42. The maximum Gasteiger partial charge on any atom is 0.242 e. The molecule has 1 aromatic heterocycles. The predicted molar refractivity (Wildman–Crippen MR) is 153 cm³/mol. The fourth-order valence-electron chi connectivity index (χ4n) is 4.95. The summed E-state index contributed by atoms with van der Waals surface area (Å²) in [5.41, 5.74) is 1.54. The molecule has 0 atom stereocenters. The molecule has 0 aliphatic carbocycles. The van der Waals surface area contributed by atoms with Crippen LogP contribution in [-0.2, 0) is 14.3 Å². The topological polar surface area (TPSA) is 101 Å². The van der Waals surface area contributed by atoms with Crippen molar-refractivity contribution in [2.24, 2.45) is 5.92 Å². The summed E-state index contributed by atoms with van der Waals surface area (Å²) in [7, 11) is 3.23. The van der Waals surface area contributed by atoms with Gasteiger partial charge in [-0.1, -0.05) is 13.8 Å². The third-order valence-electron chi connectivity index (χ3n) is 7.34. The van der Waals surface area contributed by atoms with Crippen molar-refractivity contribution in [3.63, 3.8) is 0 Å². The highest BCUT2D eigenvalue weighted by atomic mass is 16.5. The van der Waals surface area contributed by atoms with Crippen LogP contribution in [0.5, 0.6) is 11.5 Å². The lowest BCUT2D eigenvalue weighted by molar-refractivity contribution is -0.141. The lowest BCUT2D eigenvalue weighted by atomic mass is 10.1. The van der Waals surface area contributed by atoms with Crippen molar-refractivity contribution in [3.8, 4) is 22.8 Å². The van der Waals surface area contributed by atoms with Gasteiger partial charge in [-0.2, -0.15) is 0 Å². The van der Waals surface area contributed by atoms with Crippen molar-refractivity contribution in [1.82, 2.24) is 24.9 Å². The van der Waals surface area contributed by atoms with Crippen LogP contribution >= 0.6 is 0 Å². The molecule has 11 heteroatoms. The second kappa shape index (κ2) is 14.3. The molecule has 2 amide bonds. The number of amides is 2. The molecule has 0 spiro atoms. The zero-order valence-electron chi connectivity index (χ0n) is 24.2. The molecule has 40 heavy (non-hydrogen) atoms. The van der Waals surface area contributed by atoms with Gasteiger partial charge in [0.15, 0.2) is 5.82 Å². The van der Waals surface area contributed by atoms with E-state index in [1.54, 1.807) is 19.1 Å². The molecule has 2 aromatic rings. The van der Waals surface area contributed by atoms with Gasteiger partial charge >= 0.3 is 0 Å². The Morgan fingerprint density at radius 3 is 2.35 bits per heavy atom. The van der Waals surface area contributed by atoms with Crippen molar-refractivity contribution in [2.75, 3.05) is 91.2 Å². The summed E-state index contributed by atoms with van der Waals surface area (Å²) in [6.07, 6.45) is 0.446. The van der Waals surface area contributed by atoms with E-state index in [-0.39, 0.29) is 24.3 Å². The average Bonchev–Trinajstić information content (AvgIpc) is 2.99. The lowest BCUT2D eigenvalue weighted by Crippen LogP contribution is -2.53. The van der Waals surface area contributed by atoms with E-state index in [0.29, 0.717) is 69.6 Å². The largest absolute Gasteiger partial charge is 0.497 e. The zero-order chi connectivity index (χ0) is 28.5. The number of aromatic nitrogens is 2. The standard InChI is InChI=1S/C29H42N6O5/c1-22(2)19-28(36)35(10-9-32-15-17-40-18-16-32)21-29(37)34-13-11-33(12-14-34)27-8-7-25(30-31-27)24-6-5-23(38-3)20-26(24)39-4/h5-8,20,22H,9-19,21H2,1-4H3. The fraction of sp³-hybridized carbons (Fsp3) is 0.586. The van der Waals surface area contributed by atoms with Gasteiger partial charge in [0.05, 0.1) is 39.7 Å². The Bertz CT molecular complexity index is 1110. The van der Waals surface area contributed by atoms with Gasteiger partial charge in [0.2, 0.25) is 11.8 Å². The van der Waals surface area contributed by atoms with E-state index in [1.165, 1.54) is 0 Å². The van der Waals surface area contributed by atoms with Crippen molar-refractivity contribution < 1.29 is 23.8 Å². The molecule has 0 saturated carbocycles. The van der Waals surface area contributed by atoms with Crippen LogP contribution in [0.15, 0.2) is 30.3 Å². The molecular weight excluding hydrogens is 512 g/mol. The first kappa shape index (κ1) is 29.5. The first-order valence-corrected chi connectivity index (χ1v) is 14.0. The monoisotopic (exact) mass is 554 g/mol. The van der Waals surface area contributed by atoms with Crippen LogP contribution < -0.4 is 14.4 Å². The molecule has 3 heterocycles. The summed E-state index contributed by atoms with van der Waals surface area (Å²) in [4.78, 5) is 34.2. The summed E-state index contributed by atoms with van der Waals surface area (Å²) in [6, 6.07) is 9.46. The zero-order valence-corrected chi connectivity index (χ0v) is 24.2. The van der Waals surface area contributed by atoms with Gasteiger partial charge in [-0.05, 0) is 30.2 Å². The Kier molecular flexibility index (Phi) is 10.5. The number of carbonyl (C=O) groups is 2. The Labute approximate surface area is 237 Å². The maximum atomic E-state index is 13.2. The number of anilines is 1. The minimum absolute atomic E-state index is 0.00762. The minimum Gasteiger partial charge on any atom is -0.497 e. The van der Waals surface area contributed by atoms with Crippen LogP contribution in [0.1, 0.15) is 20.3 Å². The second-order valence-corrected chi connectivity index (χ2v) is 10.6. The van der Waals surface area contributed by atoms with Crippen molar-refractivity contribution >= 4 is 17.6 Å². The summed E-state index contributed by atoms with van der Waals surface area (Å²) in [6.45, 7) is 11.1. The van der Waals surface area contributed by atoms with Crippen molar-refractivity contribution in [3.05, 3.63) is 30.3 Å². The number of nitrogens with zero attached hydrogens (tertiary/aromatic N) is 6. The minimum atomic E-state index is -0.00762. The van der Waals surface area contributed by atoms with E-state index in [1.807, 2.05) is 49.1 Å². The van der Waals surface area contributed by atoms with Gasteiger partial charge in [0, 0.05) is 70.4 Å². The van der Waals surface area contributed by atoms with Crippen LogP contribution in [0.25, 0.3) is 11.3 Å². The quantitative estimate of drug-likeness (QED) is 0.413. The first-order chi connectivity index (χ1) is 19.4. The highest BCUT2D eigenvalue weighted by molar-refractivity contribution is 5.85. The van der Waals surface area contributed by atoms with E-state index in [0.717, 1.165) is 31.0 Å². The first-order valence-electron chi connectivity index (χ1n) is 14.0. The Morgan fingerprint density at radius 2 is 1.73 bits per heavy atom. The van der Waals surface area contributed by atoms with E-state index in [9.17, 15) is 9.59 Å². The SMILES string of the molecule is COc1ccc(-c2ccc(N3CCN(C(=O)CN(CCN4CCOCC4)C(=O)CC(C)C)CC3)nn2)c(OC)c1. The number of hydrogen-bond donors (Lipinski definition) is 0. The molecule has 0 radical (unpaired) electrons. The predicted octanol–water partition coefficient (Wildman–Crippen LogP) is 2.02. The molecule has 0 unspecified atom stereocenters. The molecule has 2 aliphatic rings. The molecule has 0 bridgehead atoms. The maximum absolute atomic E-state index is 13.2. The molecule has 11 nitrogen and oxygen atoms in total. The Morgan fingerprint density at radius 1 is 0.975 bits per heavy atom. The second-order valence-electron chi connectivity index (χ2n) is 10.6. The molecular formula is C29H42N6O5. The average molecular weight is 555 g/mol. The van der Waals surface area contributed by atoms with Gasteiger partial charge in [-0.15, -0.1) is 10.2 Å². The van der Waals surface area contributed by atoms with Gasteiger partial charge < -0.3 is 28.9 Å². The van der Waals surface area contributed by atoms with Crippen molar-refractivity contribution in [1.29, 1.82) is 0 Å². The molecule has 0 N–H and O–H groups in total. The fourth-order valence-corrected chi connectivity index (χ4v) is 4.95. The van der Waals surface area contributed by atoms with Crippen LogP contribution in [0.3, 0.4) is 0 Å². The van der Waals surface area contributed by atoms with E-state index >= 15 is 0 Å². The summed E-state index contributed by atoms with van der Waals surface area (Å²) < 4.78 is 16.2. The van der Waals surface area contributed by atoms with Crippen LogP contribution in [0.4, 0.5) is 5.82 Å². The molecule has 2 fully saturated rings. The van der Waals surface area contributed by atoms with E-state index < -0.39 is 0 Å². The molecule has 1 aromatic carbocycles. The molecule has 4 rings (SSSR count). The lowest BCUT2D eigenvalue weighted by Gasteiger charge is -2.36. The van der Waals surface area contributed by atoms with Crippen LogP contribution in [-0.4, -0.2) is 123 Å². The summed E-state index contributed by atoms with van der Waals surface area (Å²) in [5, 5.41) is 8.89. The number of piperazine rings is 1. The Hall–Kier alpha value is -3.44. The number of benzene rings is 1. The normalized spacial score (nSPS) is 16.2. The third kappa shape index (κ3) is 7.82. The summed E-state index contributed by atoms with van der Waals surface area (Å²) >= 11 is 0. The molecule has 2 aliphatic heterocycles. The number of rotatable bonds is 11. The Balaban J connectivity index is 1.32. The van der Waals surface area contributed by atoms with Crippen molar-refractivity contribution in [2.45, 2.75) is 20.3 Å². The number of morpholine rings is 1. The molecule has 218 valence electrons. The van der Waals surface area contributed by atoms with Gasteiger partial charge in [0.25, 0.3) is 0 Å². The van der Waals surface area contributed by atoms with E-state index in [4.69, 9.17) is 14.2 Å². The number of carbonyl (C=O) groups excluding carboxylic acids is 2. The smallest absolute Gasteiger partial charge is 0.242 e. The molecule has 2 saturated heterocycles. The highest BCUT2D eigenvalue weighted by Crippen LogP contribution is 2.32. The number of hydrogen-bond acceptors (Lipinski definition) is 9. The van der Waals surface area contributed by atoms with E-state index in [2.05, 4.69) is 20.0 Å². The number of ether oxygens (including phenoxy) is 3. The van der Waals surface area contributed by atoms with Gasteiger partial charge in [0.1, 0.15) is 11.5 Å². The number of methoxy groups -OCH3 is 2. The van der Waals surface area contributed by atoms with Gasteiger partial charge in [-0.25, -0.2) is 0 Å². The van der Waals surface area contributed by atoms with Crippen LogP contribution in [0, 0.1) is 5.92 Å².